The minimum Gasteiger partial charge on any atom is -0.368 e. The Labute approximate surface area is 174 Å². The van der Waals surface area contributed by atoms with E-state index in [2.05, 4.69) is 51.0 Å². The molecule has 3 rings (SSSR count). The molecule has 6 heteroatoms. The summed E-state index contributed by atoms with van der Waals surface area (Å²) in [4.78, 5) is 23.7. The summed E-state index contributed by atoms with van der Waals surface area (Å²) in [5, 5.41) is 3.31. The molecule has 0 bridgehead atoms. The van der Waals surface area contributed by atoms with Gasteiger partial charge in [0.2, 0.25) is 5.91 Å². The minimum absolute atomic E-state index is 0.260. The molecule has 2 aliphatic heterocycles. The molecule has 1 aromatic carbocycles. The van der Waals surface area contributed by atoms with Crippen molar-refractivity contribution in [2.75, 3.05) is 57.8 Å². The quantitative estimate of drug-likeness (QED) is 0.568. The van der Waals surface area contributed by atoms with Crippen molar-refractivity contribution in [2.45, 2.75) is 19.4 Å². The highest BCUT2D eigenvalue weighted by Crippen LogP contribution is 2.18. The molecule has 1 atom stereocenters. The van der Waals surface area contributed by atoms with E-state index in [0.717, 1.165) is 57.0 Å². The van der Waals surface area contributed by atoms with E-state index in [1.165, 1.54) is 5.69 Å². The number of likely N-dealkylation sites (N-methyl/N-ethyl adjacent to an activating group) is 1. The van der Waals surface area contributed by atoms with Crippen molar-refractivity contribution in [1.29, 1.82) is 0 Å². The van der Waals surface area contributed by atoms with Crippen LogP contribution < -0.4 is 10.2 Å². The molecule has 1 amide bonds. The molecule has 2 fully saturated rings. The fourth-order valence-electron chi connectivity index (χ4n) is 3.92. The zero-order valence-corrected chi connectivity index (χ0v) is 17.7. The molecule has 2 aliphatic rings. The van der Waals surface area contributed by atoms with Crippen molar-refractivity contribution in [3.05, 3.63) is 54.8 Å². The van der Waals surface area contributed by atoms with Crippen LogP contribution in [0.15, 0.2) is 54.2 Å². The van der Waals surface area contributed by atoms with Crippen LogP contribution in [0.4, 0.5) is 5.69 Å². The first-order valence-corrected chi connectivity index (χ1v) is 10.5. The molecule has 1 unspecified atom stereocenters. The van der Waals surface area contributed by atoms with Gasteiger partial charge in [-0.1, -0.05) is 24.8 Å². The van der Waals surface area contributed by atoms with Gasteiger partial charge >= 0.3 is 0 Å². The van der Waals surface area contributed by atoms with E-state index in [9.17, 15) is 4.79 Å². The number of anilines is 1. The summed E-state index contributed by atoms with van der Waals surface area (Å²) in [5.41, 5.74) is 3.29. The molecule has 1 N–H and O–H groups in total. The van der Waals surface area contributed by atoms with Gasteiger partial charge in [0.1, 0.15) is 0 Å². The highest BCUT2D eigenvalue weighted by molar-refractivity contribution is 5.99. The van der Waals surface area contributed by atoms with Crippen LogP contribution in [0, 0.1) is 0 Å². The Morgan fingerprint density at radius 1 is 1.21 bits per heavy atom. The highest BCUT2D eigenvalue weighted by atomic mass is 16.2. The Hall–Kier alpha value is -2.44. The number of carbonyl (C=O) groups excluding carboxylic acids is 1. The van der Waals surface area contributed by atoms with Crippen LogP contribution in [0.3, 0.4) is 0 Å². The van der Waals surface area contributed by atoms with Crippen LogP contribution in [0.1, 0.15) is 18.9 Å². The Bertz CT molecular complexity index is 747. The fraction of sp³-hybridized carbons (Fsp3) is 0.478. The third-order valence-corrected chi connectivity index (χ3v) is 5.81. The molecule has 156 valence electrons. The van der Waals surface area contributed by atoms with Crippen molar-refractivity contribution >= 4 is 17.3 Å². The zero-order chi connectivity index (χ0) is 20.6. The Morgan fingerprint density at radius 3 is 2.55 bits per heavy atom. The number of rotatable bonds is 7. The lowest BCUT2D eigenvalue weighted by molar-refractivity contribution is -0.132. The summed E-state index contributed by atoms with van der Waals surface area (Å²) in [7, 11) is 2.00. The molecule has 29 heavy (non-hydrogen) atoms. The van der Waals surface area contributed by atoms with E-state index >= 15 is 0 Å². The lowest BCUT2D eigenvalue weighted by Crippen LogP contribution is -2.51. The van der Waals surface area contributed by atoms with Crippen LogP contribution in [0.25, 0.3) is 0 Å². The number of hydrogen-bond acceptors (Lipinski definition) is 5. The van der Waals surface area contributed by atoms with Gasteiger partial charge in [-0.2, -0.15) is 0 Å². The maximum atomic E-state index is 12.6. The van der Waals surface area contributed by atoms with Gasteiger partial charge < -0.3 is 15.1 Å². The van der Waals surface area contributed by atoms with Gasteiger partial charge in [-0.25, -0.2) is 0 Å². The standard InChI is InChI=1S/C23H33N5O/c1-4-5-11-25-19(2)20-6-8-22(9-7-20)27-13-15-28(16-14-27)23(29)18-26-12-10-21(17-26)24-3/h4-9,11,21,24H,1,10,12-18H2,2-3H3/b11-5-,25-19?. The molecule has 1 aromatic rings. The van der Waals surface area contributed by atoms with Crippen molar-refractivity contribution in [3.8, 4) is 0 Å². The number of hydrogen-bond donors (Lipinski definition) is 1. The van der Waals surface area contributed by atoms with Crippen molar-refractivity contribution in [2.24, 2.45) is 4.99 Å². The molecule has 0 aromatic heterocycles. The van der Waals surface area contributed by atoms with E-state index in [0.29, 0.717) is 12.6 Å². The maximum Gasteiger partial charge on any atom is 0.236 e. The number of amides is 1. The van der Waals surface area contributed by atoms with Gasteiger partial charge in [-0.05, 0) is 44.2 Å². The second-order valence-electron chi connectivity index (χ2n) is 7.72. The second-order valence-corrected chi connectivity index (χ2v) is 7.72. The second kappa shape index (κ2) is 10.4. The number of likely N-dealkylation sites (tertiary alicyclic amines) is 1. The van der Waals surface area contributed by atoms with Crippen molar-refractivity contribution in [3.63, 3.8) is 0 Å². The summed E-state index contributed by atoms with van der Waals surface area (Å²) in [5.74, 6) is 0.260. The average Bonchev–Trinajstić information content (AvgIpc) is 3.21. The van der Waals surface area contributed by atoms with Crippen molar-refractivity contribution in [1.82, 2.24) is 15.1 Å². The summed E-state index contributed by atoms with van der Waals surface area (Å²) in [6, 6.07) is 9.03. The Morgan fingerprint density at radius 2 is 1.93 bits per heavy atom. The number of aliphatic imine (C=N–C) groups is 1. The van der Waals surface area contributed by atoms with Gasteiger partial charge in [0, 0.05) is 62.9 Å². The molecule has 0 aliphatic carbocycles. The predicted molar refractivity (Wildman–Crippen MR) is 121 cm³/mol. The van der Waals surface area contributed by atoms with E-state index in [1.807, 2.05) is 24.9 Å². The van der Waals surface area contributed by atoms with E-state index in [1.54, 1.807) is 12.3 Å². The van der Waals surface area contributed by atoms with Gasteiger partial charge in [-0.15, -0.1) is 0 Å². The number of piperazine rings is 1. The van der Waals surface area contributed by atoms with Gasteiger partial charge in [0.15, 0.2) is 0 Å². The van der Waals surface area contributed by atoms with Crippen LogP contribution in [-0.2, 0) is 4.79 Å². The number of allylic oxidation sites excluding steroid dienone is 2. The number of nitrogens with one attached hydrogen (secondary N) is 1. The predicted octanol–water partition coefficient (Wildman–Crippen LogP) is 2.14. The first-order valence-electron chi connectivity index (χ1n) is 10.5. The first kappa shape index (κ1) is 21.3. The number of nitrogens with zero attached hydrogens (tertiary/aromatic N) is 4. The summed E-state index contributed by atoms with van der Waals surface area (Å²) in [6.07, 6.45) is 6.42. The fourth-order valence-corrected chi connectivity index (χ4v) is 3.92. The average molecular weight is 396 g/mol. The third-order valence-electron chi connectivity index (χ3n) is 5.81. The number of benzene rings is 1. The molecule has 0 spiro atoms. The smallest absolute Gasteiger partial charge is 0.236 e. The summed E-state index contributed by atoms with van der Waals surface area (Å²) < 4.78 is 0. The van der Waals surface area contributed by atoms with Crippen LogP contribution in [0.2, 0.25) is 0 Å². The molecular formula is C23H33N5O. The molecule has 0 radical (unpaired) electrons. The third kappa shape index (κ3) is 5.78. The molecule has 6 nitrogen and oxygen atoms in total. The van der Waals surface area contributed by atoms with Crippen LogP contribution in [0.5, 0.6) is 0 Å². The Kier molecular flexibility index (Phi) is 7.61. The molecule has 2 heterocycles. The topological polar surface area (TPSA) is 51.2 Å². The monoisotopic (exact) mass is 395 g/mol. The normalized spacial score (nSPS) is 21.2. The lowest BCUT2D eigenvalue weighted by atomic mass is 10.1. The molecular weight excluding hydrogens is 362 g/mol. The first-order chi connectivity index (χ1) is 14.1. The summed E-state index contributed by atoms with van der Waals surface area (Å²) in [6.45, 7) is 11.5. The summed E-state index contributed by atoms with van der Waals surface area (Å²) >= 11 is 0. The lowest BCUT2D eigenvalue weighted by Gasteiger charge is -2.36. The Balaban J connectivity index is 1.49. The zero-order valence-electron chi connectivity index (χ0n) is 17.7. The molecule has 0 saturated carbocycles. The minimum atomic E-state index is 0.260. The van der Waals surface area contributed by atoms with Crippen LogP contribution in [-0.4, -0.2) is 80.3 Å². The van der Waals surface area contributed by atoms with E-state index < -0.39 is 0 Å². The molecule has 2 saturated heterocycles. The largest absolute Gasteiger partial charge is 0.368 e. The van der Waals surface area contributed by atoms with Gasteiger partial charge in [0.25, 0.3) is 0 Å². The van der Waals surface area contributed by atoms with Gasteiger partial charge in [0.05, 0.1) is 6.54 Å². The van der Waals surface area contributed by atoms with E-state index in [4.69, 9.17) is 0 Å². The van der Waals surface area contributed by atoms with E-state index in [-0.39, 0.29) is 5.91 Å². The van der Waals surface area contributed by atoms with Crippen LogP contribution >= 0.6 is 0 Å². The highest BCUT2D eigenvalue weighted by Gasteiger charge is 2.26. The maximum absolute atomic E-state index is 12.6. The van der Waals surface area contributed by atoms with Gasteiger partial charge in [-0.3, -0.25) is 14.7 Å². The van der Waals surface area contributed by atoms with Crippen molar-refractivity contribution < 1.29 is 4.79 Å². The number of carbonyl (C=O) groups is 1. The SMILES string of the molecule is C=C/C=C\N=C(C)c1ccc(N2CCN(C(=O)CN3CCC(NC)C3)CC2)cc1.